The van der Waals surface area contributed by atoms with Crippen LogP contribution in [-0.4, -0.2) is 87.5 Å². The predicted octanol–water partition coefficient (Wildman–Crippen LogP) is -1.67. The Morgan fingerprint density at radius 3 is 2.15 bits per heavy atom. The monoisotopic (exact) mass is 385 g/mol. The van der Waals surface area contributed by atoms with Gasteiger partial charge >= 0.3 is 0 Å². The van der Waals surface area contributed by atoms with Crippen LogP contribution in [0.5, 0.6) is 0 Å². The van der Waals surface area contributed by atoms with E-state index in [1.54, 1.807) is 0 Å². The van der Waals surface area contributed by atoms with Crippen molar-refractivity contribution in [3.63, 3.8) is 0 Å². The quantitative estimate of drug-likeness (QED) is 0.200. The van der Waals surface area contributed by atoms with E-state index in [4.69, 9.17) is 0 Å². The van der Waals surface area contributed by atoms with Crippen LogP contribution in [0.3, 0.4) is 0 Å². The second-order valence-electron chi connectivity index (χ2n) is 6.45. The minimum absolute atomic E-state index is 0.173. The Bertz CT molecular complexity index is 505. The molecule has 1 aromatic heterocycles. The molecule has 0 saturated carbocycles. The molecule has 0 saturated heterocycles. The van der Waals surface area contributed by atoms with Crippen molar-refractivity contribution < 1.29 is 20.4 Å². The first-order chi connectivity index (χ1) is 13.0. The average Bonchev–Trinajstić information content (AvgIpc) is 2.68. The maximum Gasteiger partial charge on any atom is 0.115 e. The van der Waals surface area contributed by atoms with Crippen LogP contribution in [-0.2, 0) is 6.42 Å². The summed E-state index contributed by atoms with van der Waals surface area (Å²) in [7, 11) is 0. The van der Waals surface area contributed by atoms with Crippen molar-refractivity contribution in [2.75, 3.05) is 32.8 Å². The van der Waals surface area contributed by atoms with Crippen LogP contribution >= 0.6 is 0 Å². The smallest absolute Gasteiger partial charge is 0.115 e. The number of aliphatic hydroxyl groups is 4. The van der Waals surface area contributed by atoms with Gasteiger partial charge < -0.3 is 36.4 Å². The second kappa shape index (κ2) is 13.1. The summed E-state index contributed by atoms with van der Waals surface area (Å²) in [6, 6.07) is -1.01. The molecule has 9 nitrogen and oxygen atoms in total. The van der Waals surface area contributed by atoms with E-state index in [0.29, 0.717) is 31.0 Å². The number of aliphatic hydroxyl groups excluding tert-OH is 4. The van der Waals surface area contributed by atoms with E-state index in [9.17, 15) is 20.4 Å². The van der Waals surface area contributed by atoms with Crippen LogP contribution in [0.2, 0.25) is 0 Å². The Morgan fingerprint density at radius 1 is 0.926 bits per heavy atom. The SMILES string of the molecule is CCNC[C@H](O)[C@H](NCC)C(O)c1cnc(C[C@H](O)[C@H](CO)NCC)cn1. The molecule has 0 amide bonds. The molecule has 9 heteroatoms. The minimum atomic E-state index is -1.02. The molecule has 0 fully saturated rings. The van der Waals surface area contributed by atoms with Crippen molar-refractivity contribution in [3.05, 3.63) is 23.8 Å². The van der Waals surface area contributed by atoms with Gasteiger partial charge in [0.2, 0.25) is 0 Å². The highest BCUT2D eigenvalue weighted by Crippen LogP contribution is 2.17. The van der Waals surface area contributed by atoms with Crippen LogP contribution in [0.15, 0.2) is 12.4 Å². The molecular formula is C18H35N5O4. The van der Waals surface area contributed by atoms with E-state index in [2.05, 4.69) is 25.9 Å². The number of rotatable bonds is 14. The van der Waals surface area contributed by atoms with Gasteiger partial charge in [-0.2, -0.15) is 0 Å². The van der Waals surface area contributed by atoms with Crippen LogP contribution in [0.25, 0.3) is 0 Å². The summed E-state index contributed by atoms with van der Waals surface area (Å²) >= 11 is 0. The van der Waals surface area contributed by atoms with Crippen molar-refractivity contribution in [2.24, 2.45) is 0 Å². The molecule has 0 spiro atoms. The lowest BCUT2D eigenvalue weighted by Crippen LogP contribution is -2.48. The van der Waals surface area contributed by atoms with Crippen molar-refractivity contribution in [2.45, 2.75) is 57.6 Å². The van der Waals surface area contributed by atoms with Gasteiger partial charge in [0.25, 0.3) is 0 Å². The van der Waals surface area contributed by atoms with Crippen LogP contribution < -0.4 is 16.0 Å². The lowest BCUT2D eigenvalue weighted by molar-refractivity contribution is 0.0357. The fourth-order valence-corrected chi connectivity index (χ4v) is 2.86. The third-order valence-corrected chi connectivity index (χ3v) is 4.37. The van der Waals surface area contributed by atoms with Crippen LogP contribution in [0, 0.1) is 0 Å². The zero-order chi connectivity index (χ0) is 20.2. The summed E-state index contributed by atoms with van der Waals surface area (Å²) < 4.78 is 0. The van der Waals surface area contributed by atoms with Gasteiger partial charge in [0.05, 0.1) is 48.5 Å². The second-order valence-corrected chi connectivity index (χ2v) is 6.45. The molecule has 27 heavy (non-hydrogen) atoms. The lowest BCUT2D eigenvalue weighted by Gasteiger charge is -2.28. The largest absolute Gasteiger partial charge is 0.395 e. The molecule has 156 valence electrons. The molecule has 0 aliphatic carbocycles. The summed E-state index contributed by atoms with van der Waals surface area (Å²) in [4.78, 5) is 8.51. The standard InChI is InChI=1S/C18H35N5O4/c1-4-19-10-16(26)17(21-6-3)18(27)13-9-22-12(8-23-13)7-15(25)14(11-24)20-5-2/h8-9,14-21,24-27H,4-7,10-11H2,1-3H3/t14-,15-,16-,17-,18?/m0/s1. The van der Waals surface area contributed by atoms with Gasteiger partial charge in [0, 0.05) is 19.2 Å². The number of likely N-dealkylation sites (N-methyl/N-ethyl adjacent to an activating group) is 3. The number of hydrogen-bond donors (Lipinski definition) is 7. The third-order valence-electron chi connectivity index (χ3n) is 4.37. The molecule has 1 rings (SSSR count). The van der Waals surface area contributed by atoms with Gasteiger partial charge in [-0.1, -0.05) is 20.8 Å². The molecular weight excluding hydrogens is 350 g/mol. The molecule has 1 unspecified atom stereocenters. The summed E-state index contributed by atoms with van der Waals surface area (Å²) in [5.41, 5.74) is 0.906. The Hall–Kier alpha value is -1.20. The van der Waals surface area contributed by atoms with E-state index in [1.807, 2.05) is 20.8 Å². The van der Waals surface area contributed by atoms with Crippen molar-refractivity contribution >= 4 is 0 Å². The molecule has 0 aliphatic rings. The molecule has 0 bridgehead atoms. The van der Waals surface area contributed by atoms with Crippen LogP contribution in [0.1, 0.15) is 38.3 Å². The molecule has 7 N–H and O–H groups in total. The third kappa shape index (κ3) is 7.74. The average molecular weight is 386 g/mol. The van der Waals surface area contributed by atoms with E-state index in [-0.39, 0.29) is 13.0 Å². The number of nitrogens with one attached hydrogen (secondary N) is 3. The normalized spacial score (nSPS) is 17.3. The minimum Gasteiger partial charge on any atom is -0.395 e. The highest BCUT2D eigenvalue weighted by Gasteiger charge is 2.28. The summed E-state index contributed by atoms with van der Waals surface area (Å²) in [6.07, 6.45) is 0.601. The van der Waals surface area contributed by atoms with Gasteiger partial charge in [-0.15, -0.1) is 0 Å². The first-order valence-corrected chi connectivity index (χ1v) is 9.61. The Kier molecular flexibility index (Phi) is 11.5. The zero-order valence-corrected chi connectivity index (χ0v) is 16.5. The highest BCUT2D eigenvalue weighted by atomic mass is 16.3. The summed E-state index contributed by atoms with van der Waals surface area (Å²) in [6.45, 7) is 7.89. The van der Waals surface area contributed by atoms with E-state index in [1.165, 1.54) is 12.4 Å². The maximum atomic E-state index is 10.6. The van der Waals surface area contributed by atoms with Gasteiger partial charge in [-0.3, -0.25) is 9.97 Å². The summed E-state index contributed by atoms with van der Waals surface area (Å²) in [5.74, 6) is 0. The van der Waals surface area contributed by atoms with E-state index >= 15 is 0 Å². The molecule has 0 radical (unpaired) electrons. The maximum absolute atomic E-state index is 10.6. The summed E-state index contributed by atoms with van der Waals surface area (Å²) in [5, 5.41) is 49.6. The van der Waals surface area contributed by atoms with E-state index in [0.717, 1.165) is 6.54 Å². The fourth-order valence-electron chi connectivity index (χ4n) is 2.86. The Labute approximate surface area is 161 Å². The molecule has 1 heterocycles. The van der Waals surface area contributed by atoms with Gasteiger partial charge in [0.1, 0.15) is 6.10 Å². The van der Waals surface area contributed by atoms with Crippen molar-refractivity contribution in [1.29, 1.82) is 0 Å². The van der Waals surface area contributed by atoms with Gasteiger partial charge in [-0.25, -0.2) is 0 Å². The van der Waals surface area contributed by atoms with Crippen LogP contribution in [0.4, 0.5) is 0 Å². The molecule has 0 aliphatic heterocycles. The fraction of sp³-hybridized carbons (Fsp3) is 0.778. The molecule has 0 aromatic carbocycles. The Morgan fingerprint density at radius 2 is 1.63 bits per heavy atom. The number of hydrogen-bond acceptors (Lipinski definition) is 9. The lowest BCUT2D eigenvalue weighted by atomic mass is 10.0. The number of nitrogens with zero attached hydrogens (tertiary/aromatic N) is 2. The first kappa shape index (κ1) is 23.8. The molecule has 5 atom stereocenters. The van der Waals surface area contributed by atoms with Crippen molar-refractivity contribution in [3.8, 4) is 0 Å². The zero-order valence-electron chi connectivity index (χ0n) is 16.5. The predicted molar refractivity (Wildman–Crippen MR) is 103 cm³/mol. The topological polar surface area (TPSA) is 143 Å². The van der Waals surface area contributed by atoms with Crippen molar-refractivity contribution in [1.82, 2.24) is 25.9 Å². The van der Waals surface area contributed by atoms with Gasteiger partial charge in [0.15, 0.2) is 0 Å². The Balaban J connectivity index is 2.77. The highest BCUT2D eigenvalue weighted by molar-refractivity contribution is 5.09. The number of aromatic nitrogens is 2. The first-order valence-electron chi connectivity index (χ1n) is 9.61. The van der Waals surface area contributed by atoms with Gasteiger partial charge in [-0.05, 0) is 19.6 Å². The molecule has 1 aromatic rings. The van der Waals surface area contributed by atoms with E-state index < -0.39 is 30.4 Å².